The molecule has 0 aliphatic rings. The van der Waals surface area contributed by atoms with Gasteiger partial charge in [0.1, 0.15) is 0 Å². The van der Waals surface area contributed by atoms with Gasteiger partial charge in [0, 0.05) is 24.3 Å². The Balaban J connectivity index is 2.91. The lowest BCUT2D eigenvalue weighted by Gasteiger charge is -2.23. The number of anilines is 1. The first-order valence-corrected chi connectivity index (χ1v) is 5.71. The van der Waals surface area contributed by atoms with Gasteiger partial charge in [-0.2, -0.15) is 0 Å². The first-order chi connectivity index (χ1) is 7.72. The molecule has 0 bridgehead atoms. The number of hydrogen-bond acceptors (Lipinski definition) is 3. The van der Waals surface area contributed by atoms with Crippen LogP contribution in [0.5, 0.6) is 0 Å². The van der Waals surface area contributed by atoms with Crippen LogP contribution in [-0.2, 0) is 0 Å². The molecular formula is C12H16ClNO2. The third kappa shape index (κ3) is 3.22. The summed E-state index contributed by atoms with van der Waals surface area (Å²) in [4.78, 5) is 12.7. The summed E-state index contributed by atoms with van der Waals surface area (Å²) < 4.78 is 0. The molecule has 0 amide bonds. The molecule has 0 unspecified atom stereocenters. The average molecular weight is 242 g/mol. The van der Waals surface area contributed by atoms with Crippen LogP contribution >= 0.6 is 11.6 Å². The Labute approximate surface area is 101 Å². The van der Waals surface area contributed by atoms with Crippen LogP contribution in [0.15, 0.2) is 18.2 Å². The number of aliphatic hydroxyl groups is 1. The van der Waals surface area contributed by atoms with Gasteiger partial charge in [-0.1, -0.05) is 18.5 Å². The predicted octanol–water partition coefficient (Wildman–Crippen LogP) is 2.36. The minimum atomic E-state index is 0.104. The molecule has 1 aromatic rings. The molecule has 0 atom stereocenters. The fourth-order valence-corrected chi connectivity index (χ4v) is 1.79. The molecule has 0 saturated carbocycles. The monoisotopic (exact) mass is 241 g/mol. The predicted molar refractivity (Wildman–Crippen MR) is 66.4 cm³/mol. The highest BCUT2D eigenvalue weighted by Gasteiger charge is 2.07. The van der Waals surface area contributed by atoms with Crippen molar-refractivity contribution in [3.05, 3.63) is 28.8 Å². The minimum absolute atomic E-state index is 0.104. The highest BCUT2D eigenvalue weighted by Crippen LogP contribution is 2.22. The second kappa shape index (κ2) is 6.51. The molecule has 0 spiro atoms. The normalized spacial score (nSPS) is 10.2. The SMILES string of the molecule is CCCN(CCO)c1ccc(C=O)c(Cl)c1. The summed E-state index contributed by atoms with van der Waals surface area (Å²) in [6, 6.07) is 5.31. The standard InChI is InChI=1S/C12H16ClNO2/c1-2-5-14(6-7-15)11-4-3-10(9-16)12(13)8-11/h3-4,8-9,15H,2,5-7H2,1H3. The molecule has 16 heavy (non-hydrogen) atoms. The third-order valence-electron chi connectivity index (χ3n) is 2.34. The first kappa shape index (κ1) is 13.0. The van der Waals surface area contributed by atoms with E-state index in [0.29, 0.717) is 17.1 Å². The van der Waals surface area contributed by atoms with Crippen molar-refractivity contribution in [2.45, 2.75) is 13.3 Å². The van der Waals surface area contributed by atoms with Gasteiger partial charge in [-0.25, -0.2) is 0 Å². The van der Waals surface area contributed by atoms with Gasteiger partial charge in [0.15, 0.2) is 6.29 Å². The van der Waals surface area contributed by atoms with E-state index in [2.05, 4.69) is 6.92 Å². The molecule has 1 N–H and O–H groups in total. The maximum atomic E-state index is 10.6. The van der Waals surface area contributed by atoms with Crippen molar-refractivity contribution in [1.82, 2.24) is 0 Å². The van der Waals surface area contributed by atoms with Crippen molar-refractivity contribution >= 4 is 23.6 Å². The Morgan fingerprint density at radius 2 is 2.19 bits per heavy atom. The van der Waals surface area contributed by atoms with E-state index in [1.54, 1.807) is 12.1 Å². The van der Waals surface area contributed by atoms with E-state index in [0.717, 1.165) is 24.9 Å². The summed E-state index contributed by atoms with van der Waals surface area (Å²) in [7, 11) is 0. The van der Waals surface area contributed by atoms with Crippen LogP contribution < -0.4 is 4.90 Å². The second-order valence-electron chi connectivity index (χ2n) is 3.53. The van der Waals surface area contributed by atoms with Crippen LogP contribution in [-0.4, -0.2) is 31.1 Å². The van der Waals surface area contributed by atoms with Gasteiger partial charge in [-0.05, 0) is 24.6 Å². The highest BCUT2D eigenvalue weighted by atomic mass is 35.5. The molecule has 4 heteroatoms. The molecule has 0 aliphatic carbocycles. The number of benzene rings is 1. The zero-order valence-electron chi connectivity index (χ0n) is 9.32. The van der Waals surface area contributed by atoms with Crippen molar-refractivity contribution in [1.29, 1.82) is 0 Å². The van der Waals surface area contributed by atoms with E-state index >= 15 is 0 Å². The zero-order valence-corrected chi connectivity index (χ0v) is 10.1. The van der Waals surface area contributed by atoms with E-state index in [-0.39, 0.29) is 6.61 Å². The summed E-state index contributed by atoms with van der Waals surface area (Å²) in [5.74, 6) is 0. The van der Waals surface area contributed by atoms with Crippen LogP contribution in [0.4, 0.5) is 5.69 Å². The third-order valence-corrected chi connectivity index (χ3v) is 2.67. The summed E-state index contributed by atoms with van der Waals surface area (Å²) in [6.07, 6.45) is 1.73. The molecule has 88 valence electrons. The van der Waals surface area contributed by atoms with Gasteiger partial charge in [0.25, 0.3) is 0 Å². The fraction of sp³-hybridized carbons (Fsp3) is 0.417. The Hall–Kier alpha value is -1.06. The quantitative estimate of drug-likeness (QED) is 0.778. The molecular weight excluding hydrogens is 226 g/mol. The number of nitrogens with zero attached hydrogens (tertiary/aromatic N) is 1. The second-order valence-corrected chi connectivity index (χ2v) is 3.94. The lowest BCUT2D eigenvalue weighted by molar-refractivity contribution is 0.112. The van der Waals surface area contributed by atoms with Crippen molar-refractivity contribution in [2.75, 3.05) is 24.6 Å². The van der Waals surface area contributed by atoms with Gasteiger partial charge >= 0.3 is 0 Å². The molecule has 0 saturated heterocycles. The number of halogens is 1. The number of aldehydes is 1. The van der Waals surface area contributed by atoms with Gasteiger partial charge in [-0.3, -0.25) is 4.79 Å². The van der Waals surface area contributed by atoms with E-state index in [1.807, 2.05) is 11.0 Å². The summed E-state index contributed by atoms with van der Waals surface area (Å²) in [5, 5.41) is 9.41. The number of carbonyl (C=O) groups excluding carboxylic acids is 1. The Morgan fingerprint density at radius 3 is 2.69 bits per heavy atom. The summed E-state index contributed by atoms with van der Waals surface area (Å²) in [6.45, 7) is 3.61. The zero-order chi connectivity index (χ0) is 12.0. The lowest BCUT2D eigenvalue weighted by atomic mass is 10.2. The Kier molecular flexibility index (Phi) is 5.29. The highest BCUT2D eigenvalue weighted by molar-refractivity contribution is 6.33. The molecule has 1 rings (SSSR count). The largest absolute Gasteiger partial charge is 0.395 e. The first-order valence-electron chi connectivity index (χ1n) is 5.33. The summed E-state index contributed by atoms with van der Waals surface area (Å²) >= 11 is 5.95. The van der Waals surface area contributed by atoms with Crippen molar-refractivity contribution < 1.29 is 9.90 Å². The molecule has 0 radical (unpaired) electrons. The van der Waals surface area contributed by atoms with Crippen molar-refractivity contribution in [3.8, 4) is 0 Å². The lowest BCUT2D eigenvalue weighted by Crippen LogP contribution is -2.27. The van der Waals surface area contributed by atoms with Crippen LogP contribution in [0, 0.1) is 0 Å². The van der Waals surface area contributed by atoms with Gasteiger partial charge in [0.05, 0.1) is 11.6 Å². The number of rotatable bonds is 6. The van der Waals surface area contributed by atoms with E-state index in [1.165, 1.54) is 0 Å². The van der Waals surface area contributed by atoms with Crippen LogP contribution in [0.1, 0.15) is 23.7 Å². The molecule has 1 aromatic carbocycles. The molecule has 0 aliphatic heterocycles. The fourth-order valence-electron chi connectivity index (χ4n) is 1.57. The van der Waals surface area contributed by atoms with Gasteiger partial charge < -0.3 is 10.0 Å². The maximum Gasteiger partial charge on any atom is 0.151 e. The van der Waals surface area contributed by atoms with E-state index < -0.39 is 0 Å². The average Bonchev–Trinajstić information content (AvgIpc) is 2.28. The van der Waals surface area contributed by atoms with Crippen LogP contribution in [0.3, 0.4) is 0 Å². The van der Waals surface area contributed by atoms with Crippen molar-refractivity contribution in [3.63, 3.8) is 0 Å². The Morgan fingerprint density at radius 1 is 1.44 bits per heavy atom. The number of aliphatic hydroxyl groups excluding tert-OH is 1. The maximum absolute atomic E-state index is 10.6. The summed E-state index contributed by atoms with van der Waals surface area (Å²) in [5.41, 5.74) is 1.43. The van der Waals surface area contributed by atoms with Gasteiger partial charge in [0.2, 0.25) is 0 Å². The minimum Gasteiger partial charge on any atom is -0.395 e. The van der Waals surface area contributed by atoms with Crippen LogP contribution in [0.2, 0.25) is 5.02 Å². The van der Waals surface area contributed by atoms with Crippen LogP contribution in [0.25, 0.3) is 0 Å². The number of hydrogen-bond donors (Lipinski definition) is 1. The van der Waals surface area contributed by atoms with Gasteiger partial charge in [-0.15, -0.1) is 0 Å². The molecule has 3 nitrogen and oxygen atoms in total. The smallest absolute Gasteiger partial charge is 0.151 e. The molecule has 0 heterocycles. The number of carbonyl (C=O) groups is 1. The Bertz CT molecular complexity index is 349. The van der Waals surface area contributed by atoms with E-state index in [4.69, 9.17) is 16.7 Å². The van der Waals surface area contributed by atoms with E-state index in [9.17, 15) is 4.79 Å². The molecule has 0 fully saturated rings. The van der Waals surface area contributed by atoms with Crippen molar-refractivity contribution in [2.24, 2.45) is 0 Å². The molecule has 0 aromatic heterocycles. The topological polar surface area (TPSA) is 40.5 Å².